The molecule has 2 aliphatic rings. The third-order valence-electron chi connectivity index (χ3n) is 6.29. The Bertz CT molecular complexity index is 1300. The van der Waals surface area contributed by atoms with Crippen LogP contribution in [0.3, 0.4) is 0 Å². The number of carbonyl (C=O) groups excluding carboxylic acids is 2. The van der Waals surface area contributed by atoms with Crippen LogP contribution in [0.1, 0.15) is 44.6 Å². The average molecular weight is 516 g/mol. The molecular formula is C24H25N3O6S2. The van der Waals surface area contributed by atoms with E-state index < -0.39 is 25.5 Å². The summed E-state index contributed by atoms with van der Waals surface area (Å²) < 4.78 is 27.7. The van der Waals surface area contributed by atoms with Gasteiger partial charge in [0.1, 0.15) is 0 Å². The van der Waals surface area contributed by atoms with Crippen LogP contribution in [-0.2, 0) is 14.8 Å². The molecule has 1 aliphatic carbocycles. The Morgan fingerprint density at radius 1 is 1.09 bits per heavy atom. The minimum atomic E-state index is -4.18. The topological polar surface area (TPSA) is 127 Å². The fourth-order valence-electron chi connectivity index (χ4n) is 4.43. The van der Waals surface area contributed by atoms with Crippen LogP contribution in [0, 0.1) is 15.5 Å². The maximum Gasteiger partial charge on any atom is 0.293 e. The molecule has 0 atom stereocenters. The van der Waals surface area contributed by atoms with E-state index in [0.29, 0.717) is 17.0 Å². The van der Waals surface area contributed by atoms with Gasteiger partial charge in [0, 0.05) is 18.3 Å². The first kappa shape index (κ1) is 24.9. The lowest BCUT2D eigenvalue weighted by molar-refractivity contribution is -0.387. The molecular weight excluding hydrogens is 490 g/mol. The lowest BCUT2D eigenvalue weighted by Crippen LogP contribution is -2.39. The van der Waals surface area contributed by atoms with Gasteiger partial charge in [-0.3, -0.25) is 29.3 Å². The molecule has 0 aromatic heterocycles. The maximum atomic E-state index is 12.9. The van der Waals surface area contributed by atoms with E-state index >= 15 is 0 Å². The van der Waals surface area contributed by atoms with Crippen LogP contribution < -0.4 is 4.72 Å². The van der Waals surface area contributed by atoms with Crippen molar-refractivity contribution in [2.24, 2.45) is 5.41 Å². The number of hydrogen-bond donors (Lipinski definition) is 1. The van der Waals surface area contributed by atoms with Crippen molar-refractivity contribution in [3.63, 3.8) is 0 Å². The number of sulfonamides is 1. The standard InChI is InChI=1S/C24H25N3O6S2/c1-24(13-5-2-6-14-24)16-26-22(28)20(34-23(26)29)15-17-9-11-18(12-10-17)25-35(32,33)21-8-4-3-7-19(21)27(30)31/h3-4,7-12,15,25H,2,5-6,13-14,16H2,1H3. The Labute approximate surface area is 207 Å². The molecule has 11 heteroatoms. The van der Waals surface area contributed by atoms with E-state index in [9.17, 15) is 28.1 Å². The summed E-state index contributed by atoms with van der Waals surface area (Å²) in [5.41, 5.74) is 0.257. The second-order valence-electron chi connectivity index (χ2n) is 9.09. The number of nitrogens with zero attached hydrogens (tertiary/aromatic N) is 2. The first-order valence-corrected chi connectivity index (χ1v) is 13.5. The molecule has 1 N–H and O–H groups in total. The summed E-state index contributed by atoms with van der Waals surface area (Å²) in [7, 11) is -4.18. The normalized spacial score (nSPS) is 19.2. The highest BCUT2D eigenvalue weighted by atomic mass is 32.2. The number of imide groups is 1. The zero-order chi connectivity index (χ0) is 25.2. The summed E-state index contributed by atoms with van der Waals surface area (Å²) in [5, 5.41) is 10.9. The van der Waals surface area contributed by atoms with E-state index in [1.807, 2.05) is 0 Å². The fraction of sp³-hybridized carbons (Fsp3) is 0.333. The second-order valence-corrected chi connectivity index (χ2v) is 11.7. The largest absolute Gasteiger partial charge is 0.293 e. The van der Waals surface area contributed by atoms with E-state index in [0.717, 1.165) is 43.5 Å². The third-order valence-corrected chi connectivity index (χ3v) is 8.62. The van der Waals surface area contributed by atoms with E-state index in [-0.39, 0.29) is 22.2 Å². The summed E-state index contributed by atoms with van der Waals surface area (Å²) >= 11 is 0.903. The summed E-state index contributed by atoms with van der Waals surface area (Å²) in [6.07, 6.45) is 7.00. The number of anilines is 1. The van der Waals surface area contributed by atoms with Gasteiger partial charge in [-0.25, -0.2) is 8.42 Å². The molecule has 2 fully saturated rings. The van der Waals surface area contributed by atoms with Crippen molar-refractivity contribution >= 4 is 50.4 Å². The van der Waals surface area contributed by atoms with Gasteiger partial charge in [0.05, 0.1) is 9.83 Å². The number of thioether (sulfide) groups is 1. The minimum absolute atomic E-state index is 0.0494. The molecule has 4 rings (SSSR count). The first-order valence-electron chi connectivity index (χ1n) is 11.2. The van der Waals surface area contributed by atoms with Crippen LogP contribution in [-0.4, -0.2) is 35.9 Å². The number of carbonyl (C=O) groups is 2. The van der Waals surface area contributed by atoms with Gasteiger partial charge >= 0.3 is 0 Å². The molecule has 2 aromatic carbocycles. The fourth-order valence-corrected chi connectivity index (χ4v) is 6.50. The van der Waals surface area contributed by atoms with Gasteiger partial charge in [-0.2, -0.15) is 0 Å². The molecule has 0 bridgehead atoms. The molecule has 1 saturated heterocycles. The van der Waals surface area contributed by atoms with Gasteiger partial charge < -0.3 is 0 Å². The third kappa shape index (κ3) is 5.57. The summed E-state index contributed by atoms with van der Waals surface area (Å²) in [5.74, 6) is -0.312. The van der Waals surface area contributed by atoms with Crippen LogP contribution in [0.2, 0.25) is 0 Å². The number of amides is 2. The molecule has 0 spiro atoms. The van der Waals surface area contributed by atoms with Crippen molar-refractivity contribution in [3.8, 4) is 0 Å². The Morgan fingerprint density at radius 3 is 2.40 bits per heavy atom. The molecule has 2 aromatic rings. The van der Waals surface area contributed by atoms with Crippen molar-refractivity contribution in [2.75, 3.05) is 11.3 Å². The smallest absolute Gasteiger partial charge is 0.279 e. The number of nitrogens with one attached hydrogen (secondary N) is 1. The van der Waals surface area contributed by atoms with Gasteiger partial charge in [0.2, 0.25) is 0 Å². The van der Waals surface area contributed by atoms with Crippen molar-refractivity contribution in [1.82, 2.24) is 4.90 Å². The monoisotopic (exact) mass is 515 g/mol. The second kappa shape index (κ2) is 9.82. The predicted molar refractivity (Wildman–Crippen MR) is 134 cm³/mol. The number of para-hydroxylation sites is 1. The van der Waals surface area contributed by atoms with Gasteiger partial charge in [0.15, 0.2) is 4.90 Å². The van der Waals surface area contributed by atoms with Crippen molar-refractivity contribution < 1.29 is 22.9 Å². The van der Waals surface area contributed by atoms with Crippen LogP contribution in [0.25, 0.3) is 6.08 Å². The van der Waals surface area contributed by atoms with Gasteiger partial charge in [-0.05, 0) is 59.9 Å². The number of nitro benzene ring substituents is 1. The molecule has 0 radical (unpaired) electrons. The highest BCUT2D eigenvalue weighted by molar-refractivity contribution is 8.18. The maximum absolute atomic E-state index is 12.9. The lowest BCUT2D eigenvalue weighted by atomic mass is 9.75. The predicted octanol–water partition coefficient (Wildman–Crippen LogP) is 5.40. The summed E-state index contributed by atoms with van der Waals surface area (Å²) in [6.45, 7) is 2.55. The highest BCUT2D eigenvalue weighted by Gasteiger charge is 2.40. The van der Waals surface area contributed by atoms with Gasteiger partial charge in [-0.1, -0.05) is 50.5 Å². The number of benzene rings is 2. The Hall–Kier alpha value is -3.18. The molecule has 1 aliphatic heterocycles. The Balaban J connectivity index is 1.47. The Kier molecular flexibility index (Phi) is 7.00. The molecule has 184 valence electrons. The Morgan fingerprint density at radius 2 is 1.74 bits per heavy atom. The van der Waals surface area contributed by atoms with Crippen LogP contribution >= 0.6 is 11.8 Å². The molecule has 2 amide bonds. The van der Waals surface area contributed by atoms with Crippen LogP contribution in [0.5, 0.6) is 0 Å². The number of hydrogen-bond acceptors (Lipinski definition) is 7. The van der Waals surface area contributed by atoms with E-state index in [2.05, 4.69) is 11.6 Å². The molecule has 1 heterocycles. The molecule has 1 saturated carbocycles. The van der Waals surface area contributed by atoms with Crippen LogP contribution in [0.15, 0.2) is 58.3 Å². The zero-order valence-corrected chi connectivity index (χ0v) is 20.7. The van der Waals surface area contributed by atoms with E-state index in [1.54, 1.807) is 18.2 Å². The molecule has 9 nitrogen and oxygen atoms in total. The van der Waals surface area contributed by atoms with Crippen LogP contribution in [0.4, 0.5) is 16.2 Å². The molecule has 35 heavy (non-hydrogen) atoms. The summed E-state index contributed by atoms with van der Waals surface area (Å²) in [6, 6.07) is 11.3. The van der Waals surface area contributed by atoms with Gasteiger partial charge in [-0.15, -0.1) is 0 Å². The quantitative estimate of drug-likeness (QED) is 0.297. The summed E-state index contributed by atoms with van der Waals surface area (Å²) in [4.78, 5) is 37.1. The van der Waals surface area contributed by atoms with Crippen molar-refractivity contribution in [1.29, 1.82) is 0 Å². The van der Waals surface area contributed by atoms with E-state index in [4.69, 9.17) is 0 Å². The average Bonchev–Trinajstić information content (AvgIpc) is 3.07. The highest BCUT2D eigenvalue weighted by Crippen LogP contribution is 2.40. The van der Waals surface area contributed by atoms with Gasteiger partial charge in [0.25, 0.3) is 26.9 Å². The minimum Gasteiger partial charge on any atom is -0.279 e. The SMILES string of the molecule is CC1(CN2C(=O)SC(=Cc3ccc(NS(=O)(=O)c4ccccc4[N+](=O)[O-])cc3)C2=O)CCCCC1. The zero-order valence-electron chi connectivity index (χ0n) is 19.1. The number of rotatable bonds is 7. The number of nitro groups is 1. The van der Waals surface area contributed by atoms with Crippen molar-refractivity contribution in [2.45, 2.75) is 43.9 Å². The molecule has 0 unspecified atom stereocenters. The van der Waals surface area contributed by atoms with Crippen molar-refractivity contribution in [3.05, 3.63) is 69.1 Å². The lowest BCUT2D eigenvalue weighted by Gasteiger charge is -2.35. The van der Waals surface area contributed by atoms with E-state index in [1.165, 1.54) is 41.7 Å². The first-order chi connectivity index (χ1) is 16.6.